The highest BCUT2D eigenvalue weighted by atomic mass is 16.5. The van der Waals surface area contributed by atoms with Crippen molar-refractivity contribution in [1.82, 2.24) is 10.1 Å². The van der Waals surface area contributed by atoms with Gasteiger partial charge in [-0.1, -0.05) is 35.5 Å². The second-order valence-electron chi connectivity index (χ2n) is 6.34. The van der Waals surface area contributed by atoms with Crippen LogP contribution in [0.25, 0.3) is 11.5 Å². The smallest absolute Gasteiger partial charge is 0.260 e. The third-order valence-electron chi connectivity index (χ3n) is 4.76. The fourth-order valence-electron chi connectivity index (χ4n) is 3.05. The number of aromatic nitrogens is 2. The lowest BCUT2D eigenvalue weighted by Crippen LogP contribution is -2.44. The summed E-state index contributed by atoms with van der Waals surface area (Å²) in [6, 6.07) is 18.2. The Hall–Kier alpha value is -2.66. The Morgan fingerprint density at radius 2 is 1.75 bits per heavy atom. The van der Waals surface area contributed by atoms with Crippen molar-refractivity contribution in [1.29, 1.82) is 0 Å². The molecule has 1 aliphatic rings. The topological polar surface area (TPSA) is 68.2 Å². The Morgan fingerprint density at radius 3 is 2.46 bits per heavy atom. The molecule has 3 aromatic rings. The van der Waals surface area contributed by atoms with Crippen LogP contribution >= 0.6 is 0 Å². The summed E-state index contributed by atoms with van der Waals surface area (Å²) >= 11 is 0. The summed E-state index contributed by atoms with van der Waals surface area (Å²) in [4.78, 5) is 6.69. The van der Waals surface area contributed by atoms with Gasteiger partial charge in [0.05, 0.1) is 16.8 Å². The largest absolute Gasteiger partial charge is 0.344 e. The van der Waals surface area contributed by atoms with Gasteiger partial charge in [0.15, 0.2) is 5.82 Å². The second-order valence-corrected chi connectivity index (χ2v) is 6.34. The number of rotatable bonds is 4. The summed E-state index contributed by atoms with van der Waals surface area (Å²) in [5.74, 6) is 1.13. The maximum Gasteiger partial charge on any atom is 0.260 e. The molecule has 0 radical (unpaired) electrons. The summed E-state index contributed by atoms with van der Waals surface area (Å²) in [5, 5.41) is 4.13. The van der Waals surface area contributed by atoms with E-state index in [0.29, 0.717) is 11.7 Å². The highest BCUT2D eigenvalue weighted by molar-refractivity contribution is 5.78. The maximum absolute atomic E-state index is 6.31. The first kappa shape index (κ1) is 14.9. The Kier molecular flexibility index (Phi) is 3.58. The van der Waals surface area contributed by atoms with Crippen LogP contribution in [0.2, 0.25) is 0 Å². The van der Waals surface area contributed by atoms with E-state index < -0.39 is 5.54 Å². The Labute approximate surface area is 141 Å². The number of anilines is 2. The molecule has 1 heterocycles. The molecule has 1 fully saturated rings. The van der Waals surface area contributed by atoms with Crippen molar-refractivity contribution >= 4 is 11.4 Å². The van der Waals surface area contributed by atoms with Crippen molar-refractivity contribution in [3.05, 3.63) is 60.4 Å². The molecule has 24 heavy (non-hydrogen) atoms. The molecule has 0 bridgehead atoms. The predicted octanol–water partition coefficient (Wildman–Crippen LogP) is 3.84. The van der Waals surface area contributed by atoms with Crippen LogP contribution in [0.4, 0.5) is 11.4 Å². The van der Waals surface area contributed by atoms with Crippen molar-refractivity contribution in [2.45, 2.75) is 24.8 Å². The van der Waals surface area contributed by atoms with Crippen LogP contribution in [0.5, 0.6) is 0 Å². The summed E-state index contributed by atoms with van der Waals surface area (Å²) in [5.41, 5.74) is 8.91. The van der Waals surface area contributed by atoms with Crippen LogP contribution in [0, 0.1) is 0 Å². The fraction of sp³-hybridized carbons (Fsp3) is 0.263. The van der Waals surface area contributed by atoms with Gasteiger partial charge in [-0.15, -0.1) is 0 Å². The van der Waals surface area contributed by atoms with Gasteiger partial charge in [0.2, 0.25) is 0 Å². The third-order valence-corrected chi connectivity index (χ3v) is 4.76. The zero-order valence-corrected chi connectivity index (χ0v) is 13.6. The number of para-hydroxylation sites is 2. The van der Waals surface area contributed by atoms with Crippen LogP contribution < -0.4 is 10.6 Å². The summed E-state index contributed by atoms with van der Waals surface area (Å²) < 4.78 is 5.53. The molecule has 1 aliphatic carbocycles. The van der Waals surface area contributed by atoms with Crippen molar-refractivity contribution in [2.24, 2.45) is 5.73 Å². The van der Waals surface area contributed by atoms with Crippen molar-refractivity contribution < 1.29 is 4.52 Å². The van der Waals surface area contributed by atoms with Gasteiger partial charge in [0.25, 0.3) is 5.89 Å². The predicted molar refractivity (Wildman–Crippen MR) is 94.0 cm³/mol. The van der Waals surface area contributed by atoms with Gasteiger partial charge in [0, 0.05) is 12.7 Å². The van der Waals surface area contributed by atoms with Gasteiger partial charge in [-0.05, 0) is 43.5 Å². The molecule has 0 spiro atoms. The molecule has 0 unspecified atom stereocenters. The lowest BCUT2D eigenvalue weighted by Gasteiger charge is -2.34. The monoisotopic (exact) mass is 320 g/mol. The zero-order chi connectivity index (χ0) is 16.6. The van der Waals surface area contributed by atoms with Crippen LogP contribution in [0.3, 0.4) is 0 Å². The quantitative estimate of drug-likeness (QED) is 0.791. The molecule has 2 N–H and O–H groups in total. The molecule has 0 atom stereocenters. The highest BCUT2D eigenvalue weighted by Gasteiger charge is 2.39. The van der Waals surface area contributed by atoms with E-state index in [-0.39, 0.29) is 0 Å². The number of hydrogen-bond acceptors (Lipinski definition) is 5. The van der Waals surface area contributed by atoms with Gasteiger partial charge in [-0.2, -0.15) is 4.98 Å². The maximum atomic E-state index is 6.31. The van der Waals surface area contributed by atoms with E-state index in [2.05, 4.69) is 27.2 Å². The lowest BCUT2D eigenvalue weighted by molar-refractivity contribution is 0.229. The average molecular weight is 320 g/mol. The number of nitrogens with two attached hydrogens (primary N) is 1. The van der Waals surface area contributed by atoms with Gasteiger partial charge in [-0.25, -0.2) is 0 Å². The minimum atomic E-state index is -0.415. The molecule has 0 aliphatic heterocycles. The minimum absolute atomic E-state index is 0.415. The van der Waals surface area contributed by atoms with Crippen LogP contribution in [0.15, 0.2) is 59.1 Å². The SMILES string of the molecule is CN(c1ccccc1)c1ccccc1-c1nc(C2(N)CCC2)no1. The van der Waals surface area contributed by atoms with E-state index >= 15 is 0 Å². The van der Waals surface area contributed by atoms with E-state index in [1.165, 1.54) is 0 Å². The average Bonchev–Trinajstić information content (AvgIpc) is 3.10. The molecule has 5 heteroatoms. The van der Waals surface area contributed by atoms with Gasteiger partial charge >= 0.3 is 0 Å². The standard InChI is InChI=1S/C19H20N4O/c1-23(14-8-3-2-4-9-14)16-11-6-5-10-15(16)17-21-18(22-24-17)19(20)12-7-13-19/h2-6,8-11H,7,12-13,20H2,1H3. The van der Waals surface area contributed by atoms with E-state index in [4.69, 9.17) is 10.3 Å². The molecule has 1 aromatic heterocycles. The highest BCUT2D eigenvalue weighted by Crippen LogP contribution is 2.39. The number of nitrogens with zero attached hydrogens (tertiary/aromatic N) is 3. The molecular weight excluding hydrogens is 300 g/mol. The van der Waals surface area contributed by atoms with Gasteiger partial charge in [-0.3, -0.25) is 0 Å². The molecule has 0 saturated heterocycles. The molecule has 5 nitrogen and oxygen atoms in total. The summed E-state index contributed by atoms with van der Waals surface area (Å²) in [6.45, 7) is 0. The third kappa shape index (κ3) is 2.47. The molecule has 1 saturated carbocycles. The number of benzene rings is 2. The normalized spacial score (nSPS) is 15.8. The lowest BCUT2D eigenvalue weighted by atomic mass is 9.77. The summed E-state index contributed by atoms with van der Waals surface area (Å²) in [7, 11) is 2.03. The molecular formula is C19H20N4O. The van der Waals surface area contributed by atoms with Crippen LogP contribution in [-0.4, -0.2) is 17.2 Å². The molecule has 0 amide bonds. The minimum Gasteiger partial charge on any atom is -0.344 e. The van der Waals surface area contributed by atoms with E-state index in [9.17, 15) is 0 Å². The molecule has 4 rings (SSSR count). The van der Waals surface area contributed by atoms with Crippen molar-refractivity contribution in [2.75, 3.05) is 11.9 Å². The summed E-state index contributed by atoms with van der Waals surface area (Å²) in [6.07, 6.45) is 2.95. The van der Waals surface area contributed by atoms with Crippen LogP contribution in [-0.2, 0) is 5.54 Å². The Balaban J connectivity index is 1.72. The Morgan fingerprint density at radius 1 is 1.04 bits per heavy atom. The van der Waals surface area contributed by atoms with Gasteiger partial charge in [0.1, 0.15) is 0 Å². The zero-order valence-electron chi connectivity index (χ0n) is 13.6. The first-order chi connectivity index (χ1) is 11.7. The Bertz CT molecular complexity index is 839. The fourth-order valence-corrected chi connectivity index (χ4v) is 3.05. The van der Waals surface area contributed by atoms with Crippen LogP contribution in [0.1, 0.15) is 25.1 Å². The van der Waals surface area contributed by atoms with Crippen molar-refractivity contribution in [3.8, 4) is 11.5 Å². The number of hydrogen-bond donors (Lipinski definition) is 1. The van der Waals surface area contributed by atoms with Crippen molar-refractivity contribution in [3.63, 3.8) is 0 Å². The van der Waals surface area contributed by atoms with E-state index in [1.54, 1.807) is 0 Å². The van der Waals surface area contributed by atoms with Gasteiger partial charge < -0.3 is 15.2 Å². The second kappa shape index (κ2) is 5.76. The molecule has 122 valence electrons. The first-order valence-electron chi connectivity index (χ1n) is 8.19. The van der Waals surface area contributed by atoms with E-state index in [1.807, 2.05) is 49.5 Å². The van der Waals surface area contributed by atoms with E-state index in [0.717, 1.165) is 36.2 Å². The molecule has 2 aromatic carbocycles. The first-order valence-corrected chi connectivity index (χ1v) is 8.19.